The second-order valence-electron chi connectivity index (χ2n) is 8.62. The molecule has 0 radical (unpaired) electrons. The van der Waals surface area contributed by atoms with Gasteiger partial charge >= 0.3 is 0 Å². The molecule has 5 rings (SSSR count). The van der Waals surface area contributed by atoms with E-state index in [-0.39, 0.29) is 30.5 Å². The summed E-state index contributed by atoms with van der Waals surface area (Å²) >= 11 is 0. The molecule has 0 atom stereocenters. The Kier molecular flexibility index (Phi) is 6.95. The number of hydrogen-bond donors (Lipinski definition) is 0. The number of nitrogens with zero attached hydrogens (tertiary/aromatic N) is 4. The maximum atomic E-state index is 13.8. The standard InChI is InChI=1S/C26H26F2N4O4/c1-34-18-4-2-17(3-5-18)14-24(33)32-9-8-23-20(16-32)25(36-19-6-7-21(27)22(28)15-19)30-26(29-23)31-10-12-35-13-11-31/h2-7,15H,8-14,16H2,1H3. The Hall–Kier alpha value is -3.79. The van der Waals surface area contributed by atoms with Gasteiger partial charge in [0.1, 0.15) is 11.5 Å². The van der Waals surface area contributed by atoms with Crippen LogP contribution in [0.15, 0.2) is 42.5 Å². The number of halogens is 2. The Balaban J connectivity index is 1.41. The third kappa shape index (κ3) is 5.23. The Labute approximate surface area is 207 Å². The first-order chi connectivity index (χ1) is 17.5. The molecule has 0 bridgehead atoms. The largest absolute Gasteiger partial charge is 0.497 e. The van der Waals surface area contributed by atoms with Crippen LogP contribution < -0.4 is 14.4 Å². The molecule has 36 heavy (non-hydrogen) atoms. The van der Waals surface area contributed by atoms with Crippen molar-refractivity contribution in [1.29, 1.82) is 0 Å². The van der Waals surface area contributed by atoms with E-state index in [1.807, 2.05) is 29.2 Å². The lowest BCUT2D eigenvalue weighted by Gasteiger charge is -2.32. The molecule has 8 nitrogen and oxygen atoms in total. The third-order valence-corrected chi connectivity index (χ3v) is 6.28. The lowest BCUT2D eigenvalue weighted by Crippen LogP contribution is -2.40. The second kappa shape index (κ2) is 10.4. The van der Waals surface area contributed by atoms with Crippen molar-refractivity contribution >= 4 is 11.9 Å². The molecule has 0 aliphatic carbocycles. The summed E-state index contributed by atoms with van der Waals surface area (Å²) in [6, 6.07) is 10.7. The summed E-state index contributed by atoms with van der Waals surface area (Å²) in [7, 11) is 1.60. The van der Waals surface area contributed by atoms with E-state index < -0.39 is 11.6 Å². The van der Waals surface area contributed by atoms with Gasteiger partial charge in [-0.2, -0.15) is 4.98 Å². The number of fused-ring (bicyclic) bond motifs is 1. The average Bonchev–Trinajstić information content (AvgIpc) is 2.91. The fourth-order valence-corrected chi connectivity index (χ4v) is 4.26. The smallest absolute Gasteiger partial charge is 0.229 e. The van der Waals surface area contributed by atoms with Gasteiger partial charge in [0, 0.05) is 32.1 Å². The minimum absolute atomic E-state index is 0.0400. The van der Waals surface area contributed by atoms with E-state index in [2.05, 4.69) is 4.98 Å². The highest BCUT2D eigenvalue weighted by atomic mass is 19.2. The van der Waals surface area contributed by atoms with Crippen LogP contribution in [-0.2, 0) is 28.9 Å². The highest BCUT2D eigenvalue weighted by Gasteiger charge is 2.28. The number of morpholine rings is 1. The number of carbonyl (C=O) groups is 1. The first-order valence-corrected chi connectivity index (χ1v) is 11.8. The summed E-state index contributed by atoms with van der Waals surface area (Å²) in [4.78, 5) is 26.2. The van der Waals surface area contributed by atoms with Gasteiger partial charge in [0.05, 0.1) is 44.5 Å². The quantitative estimate of drug-likeness (QED) is 0.517. The van der Waals surface area contributed by atoms with Gasteiger partial charge in [0.2, 0.25) is 17.7 Å². The Bertz CT molecular complexity index is 1250. The van der Waals surface area contributed by atoms with Crippen molar-refractivity contribution in [2.45, 2.75) is 19.4 Å². The van der Waals surface area contributed by atoms with Gasteiger partial charge in [0.25, 0.3) is 0 Å². The Morgan fingerprint density at radius 3 is 2.47 bits per heavy atom. The number of carbonyl (C=O) groups excluding carboxylic acids is 1. The van der Waals surface area contributed by atoms with Gasteiger partial charge in [0.15, 0.2) is 11.6 Å². The molecule has 0 unspecified atom stereocenters. The first kappa shape index (κ1) is 23.9. The minimum Gasteiger partial charge on any atom is -0.497 e. The van der Waals surface area contributed by atoms with Gasteiger partial charge in [-0.05, 0) is 29.8 Å². The molecule has 1 aromatic heterocycles. The molecule has 10 heteroatoms. The van der Waals surface area contributed by atoms with Crippen LogP contribution in [0.25, 0.3) is 0 Å². The summed E-state index contributed by atoms with van der Waals surface area (Å²) in [5.41, 5.74) is 2.31. The minimum atomic E-state index is -1.01. The Morgan fingerprint density at radius 2 is 1.75 bits per heavy atom. The van der Waals surface area contributed by atoms with Gasteiger partial charge in [-0.1, -0.05) is 12.1 Å². The maximum Gasteiger partial charge on any atom is 0.229 e. The van der Waals surface area contributed by atoms with Gasteiger partial charge in [-0.15, -0.1) is 0 Å². The summed E-state index contributed by atoms with van der Waals surface area (Å²) in [6.07, 6.45) is 0.767. The van der Waals surface area contributed by atoms with E-state index in [9.17, 15) is 13.6 Å². The zero-order valence-corrected chi connectivity index (χ0v) is 19.9. The number of methoxy groups -OCH3 is 1. The molecule has 2 aromatic carbocycles. The molecule has 1 fully saturated rings. The van der Waals surface area contributed by atoms with E-state index in [0.29, 0.717) is 50.8 Å². The van der Waals surface area contributed by atoms with E-state index in [1.54, 1.807) is 12.0 Å². The van der Waals surface area contributed by atoms with Crippen LogP contribution in [-0.4, -0.2) is 60.7 Å². The molecule has 3 aromatic rings. The predicted octanol–water partition coefficient (Wildman–Crippen LogP) is 3.52. The summed E-state index contributed by atoms with van der Waals surface area (Å²) in [5, 5.41) is 0. The molecule has 1 amide bonds. The fraction of sp³-hybridized carbons (Fsp3) is 0.346. The van der Waals surface area contributed by atoms with Crippen molar-refractivity contribution in [2.75, 3.05) is 44.9 Å². The second-order valence-corrected chi connectivity index (χ2v) is 8.62. The van der Waals surface area contributed by atoms with Crippen molar-refractivity contribution in [2.24, 2.45) is 0 Å². The van der Waals surface area contributed by atoms with Gasteiger partial charge in [-0.3, -0.25) is 4.79 Å². The maximum absolute atomic E-state index is 13.8. The van der Waals surface area contributed by atoms with Crippen LogP contribution >= 0.6 is 0 Å². The van der Waals surface area contributed by atoms with Crippen molar-refractivity contribution in [1.82, 2.24) is 14.9 Å². The fourth-order valence-electron chi connectivity index (χ4n) is 4.26. The zero-order chi connectivity index (χ0) is 25.1. The topological polar surface area (TPSA) is 77.0 Å². The molecule has 2 aliphatic rings. The summed E-state index contributed by atoms with van der Waals surface area (Å²) < 4.78 is 43.9. The number of ether oxygens (including phenoxy) is 3. The molecule has 2 aliphatic heterocycles. The van der Waals surface area contributed by atoms with Crippen LogP contribution in [0.1, 0.15) is 16.8 Å². The van der Waals surface area contributed by atoms with E-state index in [4.69, 9.17) is 19.2 Å². The van der Waals surface area contributed by atoms with Crippen LogP contribution in [0.4, 0.5) is 14.7 Å². The van der Waals surface area contributed by atoms with Gasteiger partial charge in [-0.25, -0.2) is 13.8 Å². The monoisotopic (exact) mass is 496 g/mol. The number of anilines is 1. The van der Waals surface area contributed by atoms with Gasteiger partial charge < -0.3 is 24.0 Å². The molecule has 0 N–H and O–H groups in total. The predicted molar refractivity (Wildman–Crippen MR) is 127 cm³/mol. The lowest BCUT2D eigenvalue weighted by molar-refractivity contribution is -0.131. The van der Waals surface area contributed by atoms with Crippen molar-refractivity contribution in [3.63, 3.8) is 0 Å². The van der Waals surface area contributed by atoms with Crippen molar-refractivity contribution in [3.05, 3.63) is 70.9 Å². The van der Waals surface area contributed by atoms with Crippen molar-refractivity contribution in [3.8, 4) is 17.4 Å². The molecule has 0 spiro atoms. The van der Waals surface area contributed by atoms with Crippen LogP contribution in [0.5, 0.6) is 17.4 Å². The highest BCUT2D eigenvalue weighted by molar-refractivity contribution is 5.79. The third-order valence-electron chi connectivity index (χ3n) is 6.28. The molecule has 188 valence electrons. The molecule has 0 saturated carbocycles. The van der Waals surface area contributed by atoms with Crippen LogP contribution in [0.3, 0.4) is 0 Å². The number of rotatable bonds is 6. The Morgan fingerprint density at radius 1 is 1.00 bits per heavy atom. The summed E-state index contributed by atoms with van der Waals surface area (Å²) in [6.45, 7) is 3.16. The highest BCUT2D eigenvalue weighted by Crippen LogP contribution is 2.32. The van der Waals surface area contributed by atoms with E-state index in [0.717, 1.165) is 29.1 Å². The van der Waals surface area contributed by atoms with E-state index in [1.165, 1.54) is 6.07 Å². The average molecular weight is 497 g/mol. The first-order valence-electron chi connectivity index (χ1n) is 11.8. The van der Waals surface area contributed by atoms with Crippen LogP contribution in [0.2, 0.25) is 0 Å². The lowest BCUT2D eigenvalue weighted by atomic mass is 10.0. The van der Waals surface area contributed by atoms with E-state index >= 15 is 0 Å². The number of hydrogen-bond acceptors (Lipinski definition) is 7. The molecule has 1 saturated heterocycles. The number of benzene rings is 2. The van der Waals surface area contributed by atoms with Crippen molar-refractivity contribution < 1.29 is 27.8 Å². The number of amides is 1. The summed E-state index contributed by atoms with van der Waals surface area (Å²) in [5.74, 6) is -0.449. The zero-order valence-electron chi connectivity index (χ0n) is 19.9. The molecular weight excluding hydrogens is 470 g/mol. The molecule has 3 heterocycles. The SMILES string of the molecule is COc1ccc(CC(=O)N2CCc3nc(N4CCOCC4)nc(Oc4ccc(F)c(F)c4)c3C2)cc1. The number of aromatic nitrogens is 2. The normalized spacial score (nSPS) is 15.4. The van der Waals surface area contributed by atoms with Crippen LogP contribution in [0, 0.1) is 11.6 Å². The molecular formula is C26H26F2N4O4.